The molecule has 0 aliphatic heterocycles. The largest absolute Gasteiger partial charge is 0.392 e. The molecule has 0 aromatic carbocycles. The van der Waals surface area contributed by atoms with Gasteiger partial charge in [-0.1, -0.05) is 0 Å². The maximum atomic E-state index is 6.54. The Hall–Kier alpha value is -1.00. The van der Waals surface area contributed by atoms with Crippen molar-refractivity contribution in [3.8, 4) is 0 Å². The molecule has 0 saturated carbocycles. The Morgan fingerprint density at radius 2 is 2.62 bits per heavy atom. The predicted molar refractivity (Wildman–Crippen MR) is 34.4 cm³/mol. The fourth-order valence-electron chi connectivity index (χ4n) is 0.388. The van der Waals surface area contributed by atoms with Gasteiger partial charge in [0.1, 0.15) is 5.82 Å². The Morgan fingerprint density at radius 3 is 2.88 bits per heavy atom. The van der Waals surface area contributed by atoms with Crippen molar-refractivity contribution < 1.29 is 0 Å². The van der Waals surface area contributed by atoms with E-state index in [2.05, 4.69) is 9.83 Å². The van der Waals surface area contributed by atoms with Gasteiger partial charge in [-0.2, -0.15) is 0 Å². The van der Waals surface area contributed by atoms with Crippen LogP contribution < -0.4 is 5.73 Å². The van der Waals surface area contributed by atoms with Crippen molar-refractivity contribution in [1.82, 2.24) is 4.98 Å². The molecule has 1 rings (SSSR count). The van der Waals surface area contributed by atoms with Crippen molar-refractivity contribution in [2.24, 2.45) is 0 Å². The highest BCUT2D eigenvalue weighted by atomic mass is 31.0. The Kier molecular flexibility index (Phi) is 1.19. The van der Waals surface area contributed by atoms with E-state index >= 15 is 0 Å². The van der Waals surface area contributed by atoms with E-state index in [-0.39, 0.29) is 0 Å². The summed E-state index contributed by atoms with van der Waals surface area (Å²) < 4.78 is 0. The third-order valence-corrected chi connectivity index (χ3v) is 1.66. The SMILES string of the molecule is [C-]#[N+]c1[pH]cnc1N. The summed E-state index contributed by atoms with van der Waals surface area (Å²) in [5, 5.41) is 0. The topological polar surface area (TPSA) is 43.3 Å². The number of rotatable bonds is 0. The summed E-state index contributed by atoms with van der Waals surface area (Å²) in [4.78, 5) is 6.88. The molecule has 0 aliphatic rings. The zero-order valence-corrected chi connectivity index (χ0v) is 5.05. The lowest BCUT2D eigenvalue weighted by Gasteiger charge is -1.78. The molecule has 0 aliphatic carbocycles. The lowest BCUT2D eigenvalue weighted by molar-refractivity contribution is 1.43. The predicted octanol–water partition coefficient (Wildman–Crippen LogP) is 1.25. The molecule has 1 atom stereocenters. The van der Waals surface area contributed by atoms with E-state index in [9.17, 15) is 0 Å². The van der Waals surface area contributed by atoms with Crippen LogP contribution in [0.3, 0.4) is 0 Å². The quantitative estimate of drug-likeness (QED) is 0.530. The summed E-state index contributed by atoms with van der Waals surface area (Å²) >= 11 is 0. The molecule has 0 bridgehead atoms. The Labute approximate surface area is 48.4 Å². The van der Waals surface area contributed by atoms with Crippen LogP contribution in [0.2, 0.25) is 0 Å². The third-order valence-electron chi connectivity index (χ3n) is 0.759. The van der Waals surface area contributed by atoms with Crippen molar-refractivity contribution in [2.45, 2.75) is 0 Å². The van der Waals surface area contributed by atoms with Gasteiger partial charge in [-0.05, 0) is 0 Å². The summed E-state index contributed by atoms with van der Waals surface area (Å²) in [6, 6.07) is 0. The van der Waals surface area contributed by atoms with E-state index in [0.717, 1.165) is 0 Å². The molecule has 2 N–H and O–H groups in total. The lowest BCUT2D eigenvalue weighted by Crippen LogP contribution is -1.80. The number of hydrogen-bond acceptors (Lipinski definition) is 2. The Morgan fingerprint density at radius 1 is 1.88 bits per heavy atom. The van der Waals surface area contributed by atoms with Crippen LogP contribution in [0.5, 0.6) is 0 Å². The van der Waals surface area contributed by atoms with Crippen LogP contribution in [0.25, 0.3) is 4.85 Å². The molecule has 4 heteroatoms. The molecule has 1 unspecified atom stereocenters. The number of anilines is 1. The van der Waals surface area contributed by atoms with Crippen LogP contribution in [0.4, 0.5) is 11.2 Å². The highest BCUT2D eigenvalue weighted by Crippen LogP contribution is 2.29. The number of nitrogens with zero attached hydrogens (tertiary/aromatic N) is 2. The van der Waals surface area contributed by atoms with E-state index in [4.69, 9.17) is 12.3 Å². The number of nitrogen functional groups attached to an aromatic ring is 1. The molecular formula is C4H4N3P. The van der Waals surface area contributed by atoms with Crippen molar-refractivity contribution in [1.29, 1.82) is 0 Å². The van der Waals surface area contributed by atoms with Crippen molar-refractivity contribution in [3.63, 3.8) is 0 Å². The fraction of sp³-hybridized carbons (Fsp3) is 0. The van der Waals surface area contributed by atoms with Gasteiger partial charge >= 0.3 is 0 Å². The summed E-state index contributed by atoms with van der Waals surface area (Å²) in [5.74, 6) is 2.06. The number of hydrogen-bond donors (Lipinski definition) is 1. The van der Waals surface area contributed by atoms with Crippen LogP contribution in [-0.4, -0.2) is 4.98 Å². The molecule has 0 fully saturated rings. The van der Waals surface area contributed by atoms with E-state index in [1.807, 2.05) is 0 Å². The smallest absolute Gasteiger partial charge is 0.243 e. The van der Waals surface area contributed by atoms with Gasteiger partial charge in [-0.25, -0.2) is 9.83 Å². The second-order valence-corrected chi connectivity index (χ2v) is 2.27. The molecule has 3 nitrogen and oxygen atoms in total. The monoisotopic (exact) mass is 125 g/mol. The minimum Gasteiger partial charge on any atom is -0.392 e. The van der Waals surface area contributed by atoms with Crippen LogP contribution in [0.15, 0.2) is 5.93 Å². The van der Waals surface area contributed by atoms with Gasteiger partial charge in [0, 0.05) is 5.93 Å². The van der Waals surface area contributed by atoms with Crippen molar-refractivity contribution in [2.75, 3.05) is 5.73 Å². The normalized spacial score (nSPS) is 9.38. The molecule has 40 valence electrons. The van der Waals surface area contributed by atoms with Gasteiger partial charge in [0.05, 0.1) is 6.57 Å². The van der Waals surface area contributed by atoms with Crippen LogP contribution in [0.1, 0.15) is 0 Å². The molecule has 0 saturated heterocycles. The highest BCUT2D eigenvalue weighted by molar-refractivity contribution is 7.34. The van der Waals surface area contributed by atoms with Gasteiger partial charge in [-0.3, -0.25) is 0 Å². The summed E-state index contributed by atoms with van der Waals surface area (Å²) in [5.41, 5.74) is 5.85. The second-order valence-electron chi connectivity index (χ2n) is 1.25. The number of aromatic nitrogens is 1. The average Bonchev–Trinajstić information content (AvgIpc) is 2.14. The standard InChI is InChI=1S/C4H4N3P/c1-6-4-3(5)7-2-8-4/h2,8H,5H2. The highest BCUT2D eigenvalue weighted by Gasteiger charge is 1.95. The van der Waals surface area contributed by atoms with Crippen LogP contribution >= 0.6 is 8.19 Å². The minimum absolute atomic E-state index is 0.387. The van der Waals surface area contributed by atoms with Crippen LogP contribution in [0, 0.1) is 6.57 Å². The Bertz CT molecular complexity index is 221. The van der Waals surface area contributed by atoms with E-state index in [0.29, 0.717) is 19.4 Å². The Balaban J connectivity index is 3.15. The zero-order valence-electron chi connectivity index (χ0n) is 4.05. The molecule has 0 radical (unpaired) electrons. The number of nitrogens with two attached hydrogens (primary N) is 1. The third kappa shape index (κ3) is 0.661. The second kappa shape index (κ2) is 1.85. The van der Waals surface area contributed by atoms with E-state index < -0.39 is 0 Å². The van der Waals surface area contributed by atoms with Gasteiger partial charge < -0.3 is 5.73 Å². The molecule has 1 heterocycles. The molecule has 0 spiro atoms. The van der Waals surface area contributed by atoms with Gasteiger partial charge in [0.2, 0.25) is 5.42 Å². The summed E-state index contributed by atoms with van der Waals surface area (Å²) in [6.07, 6.45) is 0. The van der Waals surface area contributed by atoms with E-state index in [1.165, 1.54) is 0 Å². The maximum Gasteiger partial charge on any atom is 0.243 e. The first kappa shape index (κ1) is 5.14. The average molecular weight is 125 g/mol. The molecular weight excluding hydrogens is 121 g/mol. The van der Waals surface area contributed by atoms with Gasteiger partial charge in [0.15, 0.2) is 0 Å². The molecule has 1 aromatic heterocycles. The first-order chi connectivity index (χ1) is 3.84. The zero-order chi connectivity index (χ0) is 5.98. The van der Waals surface area contributed by atoms with Gasteiger partial charge in [0.25, 0.3) is 0 Å². The lowest BCUT2D eigenvalue weighted by atomic mass is 10.7. The molecule has 8 heavy (non-hydrogen) atoms. The first-order valence-electron chi connectivity index (χ1n) is 2.01. The minimum atomic E-state index is 0.387. The van der Waals surface area contributed by atoms with Crippen molar-refractivity contribution >= 4 is 19.4 Å². The molecule has 1 aromatic rings. The summed E-state index contributed by atoms with van der Waals surface area (Å²) in [7, 11) is 0.389. The first-order valence-corrected chi connectivity index (χ1v) is 3.08. The van der Waals surface area contributed by atoms with Crippen molar-refractivity contribution in [3.05, 3.63) is 17.3 Å². The van der Waals surface area contributed by atoms with Crippen LogP contribution in [-0.2, 0) is 0 Å². The maximum absolute atomic E-state index is 6.54. The fourth-order valence-corrected chi connectivity index (χ4v) is 0.990. The molecule has 0 amide bonds. The van der Waals surface area contributed by atoms with E-state index in [1.54, 1.807) is 5.93 Å². The summed E-state index contributed by atoms with van der Waals surface area (Å²) in [6.45, 7) is 6.54. The van der Waals surface area contributed by atoms with Gasteiger partial charge in [-0.15, -0.1) is 8.19 Å².